The number of nitro groups is 1. The molecule has 4 aromatic rings. The molecule has 204 valence electrons. The van der Waals surface area contributed by atoms with Gasteiger partial charge < -0.3 is 9.47 Å². The van der Waals surface area contributed by atoms with E-state index in [1.165, 1.54) is 12.1 Å². The van der Waals surface area contributed by atoms with Crippen LogP contribution >= 0.6 is 68.4 Å². The van der Waals surface area contributed by atoms with Crippen LogP contribution in [-0.2, 0) is 13.2 Å². The van der Waals surface area contributed by atoms with E-state index in [1.54, 1.807) is 60.8 Å². The van der Waals surface area contributed by atoms with Crippen LogP contribution in [0.25, 0.3) is 0 Å². The Morgan fingerprint density at radius 1 is 0.950 bits per heavy atom. The number of non-ortho nitro benzene ring substituents is 1. The minimum Gasteiger partial charge on any atom is -0.488 e. The largest absolute Gasteiger partial charge is 0.488 e. The molecule has 0 bridgehead atoms. The first kappa shape index (κ1) is 30.0. The van der Waals surface area contributed by atoms with Crippen molar-refractivity contribution >= 4 is 86.2 Å². The molecule has 0 unspecified atom stereocenters. The topological polar surface area (TPSA) is 103 Å². The van der Waals surface area contributed by atoms with Crippen LogP contribution in [0.4, 0.5) is 5.69 Å². The Hall–Kier alpha value is -2.94. The van der Waals surface area contributed by atoms with Gasteiger partial charge in [0, 0.05) is 27.7 Å². The van der Waals surface area contributed by atoms with Gasteiger partial charge in [-0.3, -0.25) is 14.9 Å². The summed E-state index contributed by atoms with van der Waals surface area (Å²) in [4.78, 5) is 23.2. The number of rotatable bonds is 10. The SMILES string of the molecule is O=C(N/N=C/c1cc(I)c(OCc2ccc([N+](=O)[O-])cc2)c(I)c1)c1ccccc1OCc1ccc(Cl)cc1Cl. The van der Waals surface area contributed by atoms with Gasteiger partial charge >= 0.3 is 0 Å². The summed E-state index contributed by atoms with van der Waals surface area (Å²) in [5, 5.41) is 15.9. The van der Waals surface area contributed by atoms with Gasteiger partial charge in [0.1, 0.15) is 24.7 Å². The summed E-state index contributed by atoms with van der Waals surface area (Å²) >= 11 is 16.5. The first-order valence-corrected chi connectivity index (χ1v) is 14.5. The molecule has 40 heavy (non-hydrogen) atoms. The Labute approximate surface area is 267 Å². The lowest BCUT2D eigenvalue weighted by Crippen LogP contribution is -2.18. The molecule has 4 rings (SSSR count). The molecule has 0 atom stereocenters. The third-order valence-electron chi connectivity index (χ3n) is 5.46. The van der Waals surface area contributed by atoms with Crippen LogP contribution in [0.3, 0.4) is 0 Å². The number of ether oxygens (including phenoxy) is 2. The van der Waals surface area contributed by atoms with E-state index in [0.29, 0.717) is 27.1 Å². The average Bonchev–Trinajstić information content (AvgIpc) is 2.92. The Morgan fingerprint density at radius 2 is 1.65 bits per heavy atom. The van der Waals surface area contributed by atoms with E-state index in [1.807, 2.05) is 12.1 Å². The van der Waals surface area contributed by atoms with Gasteiger partial charge in [-0.05, 0) is 105 Å². The number of para-hydroxylation sites is 1. The summed E-state index contributed by atoms with van der Waals surface area (Å²) in [6.45, 7) is 0.429. The molecule has 0 aliphatic carbocycles. The number of amides is 1. The highest BCUT2D eigenvalue weighted by Gasteiger charge is 2.13. The molecule has 0 aliphatic rings. The van der Waals surface area contributed by atoms with Crippen LogP contribution in [-0.4, -0.2) is 17.0 Å². The van der Waals surface area contributed by atoms with Gasteiger partial charge in [0.2, 0.25) is 0 Å². The number of carbonyl (C=O) groups is 1. The molecule has 0 fully saturated rings. The lowest BCUT2D eigenvalue weighted by Gasteiger charge is -2.12. The van der Waals surface area contributed by atoms with Crippen molar-refractivity contribution in [3.8, 4) is 11.5 Å². The summed E-state index contributed by atoms with van der Waals surface area (Å²) in [6.07, 6.45) is 1.54. The van der Waals surface area contributed by atoms with E-state index in [4.69, 9.17) is 32.7 Å². The highest BCUT2D eigenvalue weighted by Crippen LogP contribution is 2.30. The summed E-state index contributed by atoms with van der Waals surface area (Å²) < 4.78 is 13.5. The van der Waals surface area contributed by atoms with E-state index in [9.17, 15) is 14.9 Å². The fraction of sp³-hybridized carbons (Fsp3) is 0.0714. The van der Waals surface area contributed by atoms with Crippen molar-refractivity contribution in [3.63, 3.8) is 0 Å². The molecular weight excluding hydrogens is 783 g/mol. The van der Waals surface area contributed by atoms with Crippen molar-refractivity contribution in [3.05, 3.63) is 128 Å². The quantitative estimate of drug-likeness (QED) is 0.0758. The number of nitrogens with one attached hydrogen (secondary N) is 1. The first-order valence-electron chi connectivity index (χ1n) is 11.6. The van der Waals surface area contributed by atoms with Crippen molar-refractivity contribution in [2.45, 2.75) is 13.2 Å². The molecule has 4 aromatic carbocycles. The van der Waals surface area contributed by atoms with Gasteiger partial charge in [-0.1, -0.05) is 41.4 Å². The van der Waals surface area contributed by atoms with Crippen LogP contribution in [0, 0.1) is 17.3 Å². The minimum absolute atomic E-state index is 0.0301. The molecule has 0 radical (unpaired) electrons. The molecule has 0 aliphatic heterocycles. The van der Waals surface area contributed by atoms with Crippen molar-refractivity contribution < 1.29 is 19.2 Å². The number of nitro benzene ring substituents is 1. The number of nitrogens with zero attached hydrogens (tertiary/aromatic N) is 2. The smallest absolute Gasteiger partial charge is 0.275 e. The molecule has 0 heterocycles. The lowest BCUT2D eigenvalue weighted by atomic mass is 10.2. The van der Waals surface area contributed by atoms with Crippen molar-refractivity contribution in [2.24, 2.45) is 5.10 Å². The van der Waals surface area contributed by atoms with Crippen molar-refractivity contribution in [1.29, 1.82) is 0 Å². The number of benzene rings is 4. The summed E-state index contributed by atoms with van der Waals surface area (Å²) in [6, 6.07) is 21.9. The Morgan fingerprint density at radius 3 is 2.33 bits per heavy atom. The second kappa shape index (κ2) is 14.1. The first-order chi connectivity index (χ1) is 19.2. The van der Waals surface area contributed by atoms with E-state index in [-0.39, 0.29) is 18.9 Å². The summed E-state index contributed by atoms with van der Waals surface area (Å²) in [5.74, 6) is 0.647. The van der Waals surface area contributed by atoms with Gasteiger partial charge in [-0.25, -0.2) is 5.43 Å². The molecule has 0 saturated heterocycles. The Bertz CT molecular complexity index is 1560. The second-order valence-electron chi connectivity index (χ2n) is 8.25. The molecule has 0 spiro atoms. The van der Waals surface area contributed by atoms with Gasteiger partial charge in [-0.2, -0.15) is 5.10 Å². The van der Waals surface area contributed by atoms with Crippen molar-refractivity contribution in [2.75, 3.05) is 0 Å². The van der Waals surface area contributed by atoms with Crippen LogP contribution in [0.15, 0.2) is 84.0 Å². The molecule has 12 heteroatoms. The maximum atomic E-state index is 12.8. The maximum absolute atomic E-state index is 12.8. The predicted molar refractivity (Wildman–Crippen MR) is 172 cm³/mol. The molecule has 0 aromatic heterocycles. The van der Waals surface area contributed by atoms with Crippen LogP contribution in [0.5, 0.6) is 11.5 Å². The van der Waals surface area contributed by atoms with Crippen LogP contribution in [0.1, 0.15) is 27.0 Å². The zero-order valence-electron chi connectivity index (χ0n) is 20.4. The fourth-order valence-corrected chi connectivity index (χ4v) is 6.05. The lowest BCUT2D eigenvalue weighted by molar-refractivity contribution is -0.384. The highest BCUT2D eigenvalue weighted by molar-refractivity contribution is 14.1. The van der Waals surface area contributed by atoms with Gasteiger partial charge in [-0.15, -0.1) is 0 Å². The van der Waals surface area contributed by atoms with Gasteiger partial charge in [0.25, 0.3) is 11.6 Å². The minimum atomic E-state index is -0.439. The van der Waals surface area contributed by atoms with Crippen molar-refractivity contribution in [1.82, 2.24) is 5.43 Å². The molecule has 0 saturated carbocycles. The van der Waals surface area contributed by atoms with E-state index >= 15 is 0 Å². The second-order valence-corrected chi connectivity index (χ2v) is 11.4. The number of hydrogen-bond donors (Lipinski definition) is 1. The zero-order valence-corrected chi connectivity index (χ0v) is 26.3. The predicted octanol–water partition coefficient (Wildman–Crippen LogP) is 8.03. The number of carbonyl (C=O) groups excluding carboxylic acids is 1. The standard InChI is InChI=1S/C28H19Cl2I2N3O5/c29-20-8-7-19(23(30)13-20)16-39-26-4-2-1-3-22(26)28(36)34-33-14-18-11-24(31)27(25(32)12-18)40-15-17-5-9-21(10-6-17)35(37)38/h1-14H,15-16H2,(H,34,36)/b33-14+. The third-order valence-corrected chi connectivity index (χ3v) is 7.65. The maximum Gasteiger partial charge on any atom is 0.275 e. The van der Waals surface area contributed by atoms with Gasteiger partial charge in [0.15, 0.2) is 0 Å². The molecular formula is C28H19Cl2I2N3O5. The molecule has 1 N–H and O–H groups in total. The number of hydrazone groups is 1. The number of halogens is 4. The van der Waals surface area contributed by atoms with Crippen LogP contribution < -0.4 is 14.9 Å². The Kier molecular flexibility index (Phi) is 10.6. The third kappa shape index (κ3) is 8.05. The fourth-order valence-electron chi connectivity index (χ4n) is 3.46. The zero-order chi connectivity index (χ0) is 28.6. The van der Waals surface area contributed by atoms with E-state index < -0.39 is 10.8 Å². The van der Waals surface area contributed by atoms with E-state index in [2.05, 4.69) is 55.7 Å². The normalized spacial score (nSPS) is 10.9. The summed E-state index contributed by atoms with van der Waals surface area (Å²) in [5.41, 5.74) is 5.21. The summed E-state index contributed by atoms with van der Waals surface area (Å²) in [7, 11) is 0. The van der Waals surface area contributed by atoms with E-state index in [0.717, 1.165) is 23.8 Å². The van der Waals surface area contributed by atoms with Gasteiger partial charge in [0.05, 0.1) is 23.8 Å². The van der Waals surface area contributed by atoms with Crippen LogP contribution in [0.2, 0.25) is 10.0 Å². The Balaban J connectivity index is 1.37. The monoisotopic (exact) mass is 801 g/mol. The average molecular weight is 802 g/mol. The molecule has 8 nitrogen and oxygen atoms in total. The highest BCUT2D eigenvalue weighted by atomic mass is 127. The number of hydrogen-bond acceptors (Lipinski definition) is 6. The molecule has 1 amide bonds.